The number of nitrogens with two attached hydrogens (primary N) is 1. The van der Waals surface area contributed by atoms with Gasteiger partial charge in [0.1, 0.15) is 0 Å². The van der Waals surface area contributed by atoms with Crippen LogP contribution in [0.2, 0.25) is 0 Å². The van der Waals surface area contributed by atoms with Gasteiger partial charge in [-0.1, -0.05) is 22.0 Å². The average molecular weight is 295 g/mol. The van der Waals surface area contributed by atoms with Crippen LogP contribution in [-0.2, 0) is 6.54 Å². The zero-order valence-electron chi connectivity index (χ0n) is 10.0. The minimum absolute atomic E-state index is 0.604. The van der Waals surface area contributed by atoms with E-state index in [-0.39, 0.29) is 0 Å². The summed E-state index contributed by atoms with van der Waals surface area (Å²) in [6.45, 7) is 1.85. The second-order valence-corrected chi connectivity index (χ2v) is 6.16. The molecule has 2 aliphatic rings. The van der Waals surface area contributed by atoms with Crippen molar-refractivity contribution < 1.29 is 0 Å². The number of halogens is 1. The fraction of sp³-hybridized carbons (Fsp3) is 0.571. The molecule has 1 aromatic rings. The molecular formula is C14H19BrN2. The molecule has 2 saturated carbocycles. The second-order valence-electron chi connectivity index (χ2n) is 5.31. The summed E-state index contributed by atoms with van der Waals surface area (Å²) in [6, 6.07) is 7.42. The Labute approximate surface area is 111 Å². The fourth-order valence-corrected chi connectivity index (χ4v) is 2.84. The van der Waals surface area contributed by atoms with Crippen LogP contribution < -0.4 is 10.6 Å². The summed E-state index contributed by atoms with van der Waals surface area (Å²) in [5.41, 5.74) is 8.25. The van der Waals surface area contributed by atoms with Gasteiger partial charge in [0, 0.05) is 29.3 Å². The SMILES string of the molecule is NCc1ccc(N(CC2CC2)C2CC2)cc1Br. The first kappa shape index (κ1) is 11.5. The molecule has 0 radical (unpaired) electrons. The Kier molecular flexibility index (Phi) is 3.14. The van der Waals surface area contributed by atoms with Gasteiger partial charge < -0.3 is 10.6 Å². The highest BCUT2D eigenvalue weighted by Gasteiger charge is 2.33. The Morgan fingerprint density at radius 1 is 1.24 bits per heavy atom. The lowest BCUT2D eigenvalue weighted by Crippen LogP contribution is -2.28. The van der Waals surface area contributed by atoms with Crippen LogP contribution in [0.3, 0.4) is 0 Å². The van der Waals surface area contributed by atoms with Crippen LogP contribution in [0.25, 0.3) is 0 Å². The van der Waals surface area contributed by atoms with Crippen molar-refractivity contribution in [1.82, 2.24) is 0 Å². The van der Waals surface area contributed by atoms with Crippen molar-refractivity contribution in [2.45, 2.75) is 38.3 Å². The Hall–Kier alpha value is -0.540. The molecule has 0 atom stereocenters. The van der Waals surface area contributed by atoms with E-state index in [1.54, 1.807) is 0 Å². The van der Waals surface area contributed by atoms with Gasteiger partial charge in [-0.2, -0.15) is 0 Å². The summed E-state index contributed by atoms with van der Waals surface area (Å²) in [7, 11) is 0. The van der Waals surface area contributed by atoms with E-state index < -0.39 is 0 Å². The molecule has 0 spiro atoms. The van der Waals surface area contributed by atoms with Crippen molar-refractivity contribution >= 4 is 21.6 Å². The quantitative estimate of drug-likeness (QED) is 0.903. The highest BCUT2D eigenvalue weighted by atomic mass is 79.9. The largest absolute Gasteiger partial charge is 0.368 e. The maximum Gasteiger partial charge on any atom is 0.0380 e. The maximum absolute atomic E-state index is 5.70. The molecule has 17 heavy (non-hydrogen) atoms. The molecule has 0 aromatic heterocycles. The van der Waals surface area contributed by atoms with Gasteiger partial charge in [0.15, 0.2) is 0 Å². The third kappa shape index (κ3) is 2.66. The van der Waals surface area contributed by atoms with Gasteiger partial charge >= 0.3 is 0 Å². The Morgan fingerprint density at radius 3 is 2.53 bits per heavy atom. The molecule has 0 amide bonds. The molecule has 2 nitrogen and oxygen atoms in total. The van der Waals surface area contributed by atoms with Crippen LogP contribution in [0, 0.1) is 5.92 Å². The first-order chi connectivity index (χ1) is 8.28. The molecule has 3 heteroatoms. The molecule has 2 N–H and O–H groups in total. The van der Waals surface area contributed by atoms with Crippen molar-refractivity contribution in [3.63, 3.8) is 0 Å². The van der Waals surface area contributed by atoms with Crippen LogP contribution in [-0.4, -0.2) is 12.6 Å². The minimum atomic E-state index is 0.604. The van der Waals surface area contributed by atoms with Gasteiger partial charge in [0.2, 0.25) is 0 Å². The van der Waals surface area contributed by atoms with E-state index in [2.05, 4.69) is 39.0 Å². The van der Waals surface area contributed by atoms with Gasteiger partial charge in [-0.25, -0.2) is 0 Å². The third-order valence-electron chi connectivity index (χ3n) is 3.73. The molecule has 0 aliphatic heterocycles. The standard InChI is InChI=1S/C14H19BrN2/c15-14-7-13(4-3-11(14)8-16)17(12-5-6-12)9-10-1-2-10/h3-4,7,10,12H,1-2,5-6,8-9,16H2. The summed E-state index contributed by atoms with van der Waals surface area (Å²) in [5, 5.41) is 0. The monoisotopic (exact) mass is 294 g/mol. The lowest BCUT2D eigenvalue weighted by molar-refractivity contribution is 0.718. The highest BCUT2D eigenvalue weighted by molar-refractivity contribution is 9.10. The Morgan fingerprint density at radius 2 is 2.00 bits per heavy atom. The molecule has 0 bridgehead atoms. The second kappa shape index (κ2) is 4.62. The number of benzene rings is 1. The minimum Gasteiger partial charge on any atom is -0.368 e. The summed E-state index contributed by atoms with van der Waals surface area (Å²) >= 11 is 3.62. The maximum atomic E-state index is 5.70. The number of hydrogen-bond donors (Lipinski definition) is 1. The molecule has 0 heterocycles. The van der Waals surface area contributed by atoms with Gasteiger partial charge in [0.05, 0.1) is 0 Å². The van der Waals surface area contributed by atoms with Crippen molar-refractivity contribution in [2.24, 2.45) is 11.7 Å². The van der Waals surface area contributed by atoms with E-state index in [4.69, 9.17) is 5.73 Å². The van der Waals surface area contributed by atoms with E-state index in [0.717, 1.165) is 16.4 Å². The zero-order valence-corrected chi connectivity index (χ0v) is 11.6. The van der Waals surface area contributed by atoms with Crippen LogP contribution >= 0.6 is 15.9 Å². The van der Waals surface area contributed by atoms with Gasteiger partial charge in [-0.15, -0.1) is 0 Å². The predicted molar refractivity (Wildman–Crippen MR) is 75.1 cm³/mol. The summed E-state index contributed by atoms with van der Waals surface area (Å²) in [4.78, 5) is 2.60. The van der Waals surface area contributed by atoms with E-state index >= 15 is 0 Å². The number of anilines is 1. The van der Waals surface area contributed by atoms with Crippen LogP contribution in [0.5, 0.6) is 0 Å². The third-order valence-corrected chi connectivity index (χ3v) is 4.47. The zero-order chi connectivity index (χ0) is 11.8. The van der Waals surface area contributed by atoms with Gasteiger partial charge in [0.25, 0.3) is 0 Å². The lowest BCUT2D eigenvalue weighted by Gasteiger charge is -2.25. The molecule has 2 aliphatic carbocycles. The van der Waals surface area contributed by atoms with Crippen molar-refractivity contribution in [3.8, 4) is 0 Å². The summed E-state index contributed by atoms with van der Waals surface area (Å²) < 4.78 is 1.15. The molecule has 0 saturated heterocycles. The normalized spacial score (nSPS) is 19.4. The van der Waals surface area contributed by atoms with Crippen LogP contribution in [0.1, 0.15) is 31.2 Å². The van der Waals surface area contributed by atoms with E-state index in [1.807, 2.05) is 0 Å². The van der Waals surface area contributed by atoms with Crippen molar-refractivity contribution in [2.75, 3.05) is 11.4 Å². The molecule has 92 valence electrons. The molecule has 0 unspecified atom stereocenters. The van der Waals surface area contributed by atoms with Crippen LogP contribution in [0.4, 0.5) is 5.69 Å². The molecule has 2 fully saturated rings. The van der Waals surface area contributed by atoms with E-state index in [9.17, 15) is 0 Å². The summed E-state index contributed by atoms with van der Waals surface area (Å²) in [6.07, 6.45) is 5.57. The Bertz CT molecular complexity index is 411. The highest BCUT2D eigenvalue weighted by Crippen LogP contribution is 2.38. The number of rotatable bonds is 5. The number of hydrogen-bond acceptors (Lipinski definition) is 2. The first-order valence-electron chi connectivity index (χ1n) is 6.53. The smallest absolute Gasteiger partial charge is 0.0380 e. The van der Waals surface area contributed by atoms with Crippen molar-refractivity contribution in [1.29, 1.82) is 0 Å². The number of nitrogens with zero attached hydrogens (tertiary/aromatic N) is 1. The van der Waals surface area contributed by atoms with E-state index in [1.165, 1.54) is 43.5 Å². The average Bonchev–Trinajstić information content (AvgIpc) is 3.17. The molecular weight excluding hydrogens is 276 g/mol. The molecule has 1 aromatic carbocycles. The predicted octanol–water partition coefficient (Wildman–Crippen LogP) is 3.29. The van der Waals surface area contributed by atoms with Gasteiger partial charge in [-0.3, -0.25) is 0 Å². The lowest BCUT2D eigenvalue weighted by atomic mass is 10.2. The van der Waals surface area contributed by atoms with Crippen molar-refractivity contribution in [3.05, 3.63) is 28.2 Å². The Balaban J connectivity index is 1.81. The molecule has 3 rings (SSSR count). The van der Waals surface area contributed by atoms with E-state index in [0.29, 0.717) is 6.54 Å². The topological polar surface area (TPSA) is 29.3 Å². The van der Waals surface area contributed by atoms with Gasteiger partial charge in [-0.05, 0) is 49.3 Å². The van der Waals surface area contributed by atoms with Crippen LogP contribution in [0.15, 0.2) is 22.7 Å². The first-order valence-corrected chi connectivity index (χ1v) is 7.32. The fourth-order valence-electron chi connectivity index (χ4n) is 2.31. The summed E-state index contributed by atoms with van der Waals surface area (Å²) in [5.74, 6) is 0.948.